The maximum atomic E-state index is 5.87. The number of aryl methyl sites for hydroxylation is 1. The van der Waals surface area contributed by atoms with E-state index in [-0.39, 0.29) is 0 Å². The highest BCUT2D eigenvalue weighted by molar-refractivity contribution is 5.80. The molecule has 2 heterocycles. The van der Waals surface area contributed by atoms with E-state index in [0.717, 1.165) is 28.1 Å². The van der Waals surface area contributed by atoms with Crippen LogP contribution in [0.15, 0.2) is 46.9 Å². The van der Waals surface area contributed by atoms with E-state index in [9.17, 15) is 0 Å². The fourth-order valence-electron chi connectivity index (χ4n) is 3.02. The summed E-state index contributed by atoms with van der Waals surface area (Å²) in [7, 11) is 1.98. The molecule has 5 nitrogen and oxygen atoms in total. The van der Waals surface area contributed by atoms with Crippen LogP contribution in [0.4, 0.5) is 12.0 Å². The molecule has 1 saturated carbocycles. The van der Waals surface area contributed by atoms with Gasteiger partial charge >= 0.3 is 6.01 Å². The standard InChI is InChI=1S/C18H16N4O/c1-22-15-5-3-2-4-13(15)19-17(22)21-18-20-14-9-8-12(11-6-7-11)10-16(14)23-18/h2-5,8-11H,6-7H2,1H3,(H,19,20,21). The molecule has 5 heteroatoms. The van der Waals surface area contributed by atoms with Gasteiger partial charge in [-0.25, -0.2) is 4.98 Å². The summed E-state index contributed by atoms with van der Waals surface area (Å²) in [6, 6.07) is 14.8. The first-order valence-electron chi connectivity index (χ1n) is 7.87. The molecule has 0 aliphatic heterocycles. The van der Waals surface area contributed by atoms with Gasteiger partial charge in [-0.1, -0.05) is 18.2 Å². The Labute approximate surface area is 133 Å². The van der Waals surface area contributed by atoms with Crippen molar-refractivity contribution in [3.8, 4) is 0 Å². The van der Waals surface area contributed by atoms with Crippen molar-refractivity contribution in [3.05, 3.63) is 48.0 Å². The second kappa shape index (κ2) is 4.59. The van der Waals surface area contributed by atoms with Crippen LogP contribution >= 0.6 is 0 Å². The Kier molecular flexibility index (Phi) is 2.53. The van der Waals surface area contributed by atoms with Crippen molar-refractivity contribution in [2.75, 3.05) is 5.32 Å². The molecule has 2 aromatic heterocycles. The van der Waals surface area contributed by atoms with Gasteiger partial charge in [0.15, 0.2) is 5.58 Å². The summed E-state index contributed by atoms with van der Waals surface area (Å²) < 4.78 is 7.87. The number of benzene rings is 2. The SMILES string of the molecule is Cn1c(Nc2nc3ccc(C4CC4)cc3o2)nc2ccccc21. The number of hydrogen-bond acceptors (Lipinski definition) is 4. The number of anilines is 2. The number of rotatable bonds is 3. The maximum absolute atomic E-state index is 5.87. The summed E-state index contributed by atoms with van der Waals surface area (Å²) in [5.74, 6) is 1.43. The maximum Gasteiger partial charge on any atom is 0.302 e. The van der Waals surface area contributed by atoms with Crippen LogP contribution in [0.3, 0.4) is 0 Å². The quantitative estimate of drug-likeness (QED) is 0.612. The zero-order valence-electron chi connectivity index (χ0n) is 12.8. The number of hydrogen-bond donors (Lipinski definition) is 1. The first-order chi connectivity index (χ1) is 11.3. The van der Waals surface area contributed by atoms with Crippen LogP contribution in [0.5, 0.6) is 0 Å². The molecule has 0 spiro atoms. The van der Waals surface area contributed by atoms with Crippen LogP contribution in [0.25, 0.3) is 22.1 Å². The fraction of sp³-hybridized carbons (Fsp3) is 0.222. The van der Waals surface area contributed by atoms with Crippen molar-refractivity contribution in [1.82, 2.24) is 14.5 Å². The van der Waals surface area contributed by atoms with Gasteiger partial charge in [-0.3, -0.25) is 5.32 Å². The minimum Gasteiger partial charge on any atom is -0.423 e. The highest BCUT2D eigenvalue weighted by Gasteiger charge is 2.24. The molecular weight excluding hydrogens is 288 g/mol. The molecule has 0 bridgehead atoms. The van der Waals surface area contributed by atoms with Gasteiger partial charge in [-0.2, -0.15) is 4.98 Å². The molecule has 23 heavy (non-hydrogen) atoms. The molecule has 0 amide bonds. The number of nitrogens with one attached hydrogen (secondary N) is 1. The smallest absolute Gasteiger partial charge is 0.302 e. The van der Waals surface area contributed by atoms with Gasteiger partial charge in [0.25, 0.3) is 0 Å². The molecule has 5 rings (SSSR count). The summed E-state index contributed by atoms with van der Waals surface area (Å²) in [5.41, 5.74) is 5.07. The summed E-state index contributed by atoms with van der Waals surface area (Å²) in [5, 5.41) is 3.19. The Balaban J connectivity index is 1.53. The van der Waals surface area contributed by atoms with Crippen molar-refractivity contribution in [2.24, 2.45) is 7.05 Å². The Morgan fingerprint density at radius 3 is 2.78 bits per heavy atom. The summed E-state index contributed by atoms with van der Waals surface area (Å²) in [4.78, 5) is 9.09. The molecule has 1 aliphatic rings. The Morgan fingerprint density at radius 1 is 1.09 bits per heavy atom. The number of nitrogens with zero attached hydrogens (tertiary/aromatic N) is 3. The topological polar surface area (TPSA) is 55.9 Å². The largest absolute Gasteiger partial charge is 0.423 e. The minimum absolute atomic E-state index is 0.478. The zero-order valence-corrected chi connectivity index (χ0v) is 12.8. The molecule has 1 N–H and O–H groups in total. The van der Waals surface area contributed by atoms with E-state index in [1.54, 1.807) is 0 Å². The van der Waals surface area contributed by atoms with Crippen LogP contribution in [-0.4, -0.2) is 14.5 Å². The van der Waals surface area contributed by atoms with Gasteiger partial charge in [0.1, 0.15) is 5.52 Å². The van der Waals surface area contributed by atoms with E-state index in [1.807, 2.05) is 41.9 Å². The average Bonchev–Trinajstić information content (AvgIpc) is 3.27. The second-order valence-corrected chi connectivity index (χ2v) is 6.13. The van der Waals surface area contributed by atoms with Gasteiger partial charge in [0.2, 0.25) is 5.95 Å². The lowest BCUT2D eigenvalue weighted by molar-refractivity contribution is 0.620. The number of imidazole rings is 1. The molecule has 1 aliphatic carbocycles. The number of oxazole rings is 1. The predicted octanol–water partition coefficient (Wildman–Crippen LogP) is 4.34. The van der Waals surface area contributed by atoms with Crippen molar-refractivity contribution >= 4 is 34.1 Å². The lowest BCUT2D eigenvalue weighted by Gasteiger charge is -2.01. The van der Waals surface area contributed by atoms with Crippen molar-refractivity contribution in [1.29, 1.82) is 0 Å². The molecule has 0 atom stereocenters. The zero-order chi connectivity index (χ0) is 15.4. The lowest BCUT2D eigenvalue weighted by Crippen LogP contribution is -1.98. The highest BCUT2D eigenvalue weighted by atomic mass is 16.4. The van der Waals surface area contributed by atoms with Gasteiger partial charge < -0.3 is 8.98 Å². The normalized spacial score (nSPS) is 14.7. The highest BCUT2D eigenvalue weighted by Crippen LogP contribution is 2.41. The molecule has 4 aromatic rings. The van der Waals surface area contributed by atoms with E-state index in [1.165, 1.54) is 18.4 Å². The first-order valence-corrected chi connectivity index (χ1v) is 7.87. The van der Waals surface area contributed by atoms with Gasteiger partial charge in [-0.15, -0.1) is 0 Å². The van der Waals surface area contributed by atoms with Crippen LogP contribution < -0.4 is 5.32 Å². The third kappa shape index (κ3) is 2.08. The summed E-state index contributed by atoms with van der Waals surface area (Å²) >= 11 is 0. The molecule has 0 saturated heterocycles. The summed E-state index contributed by atoms with van der Waals surface area (Å²) in [6.45, 7) is 0. The fourth-order valence-corrected chi connectivity index (χ4v) is 3.02. The lowest BCUT2D eigenvalue weighted by atomic mass is 10.1. The van der Waals surface area contributed by atoms with Gasteiger partial charge in [-0.05, 0) is 48.6 Å². The van der Waals surface area contributed by atoms with E-state index < -0.39 is 0 Å². The Morgan fingerprint density at radius 2 is 1.96 bits per heavy atom. The van der Waals surface area contributed by atoms with E-state index >= 15 is 0 Å². The van der Waals surface area contributed by atoms with Crippen LogP contribution in [0.1, 0.15) is 24.3 Å². The molecule has 114 valence electrons. The number of fused-ring (bicyclic) bond motifs is 2. The predicted molar refractivity (Wildman–Crippen MR) is 90.0 cm³/mol. The van der Waals surface area contributed by atoms with Crippen molar-refractivity contribution < 1.29 is 4.42 Å². The molecule has 1 fully saturated rings. The summed E-state index contributed by atoms with van der Waals surface area (Å²) in [6.07, 6.45) is 2.56. The van der Waals surface area contributed by atoms with E-state index in [2.05, 4.69) is 27.4 Å². The van der Waals surface area contributed by atoms with Gasteiger partial charge in [0, 0.05) is 7.05 Å². The van der Waals surface area contributed by atoms with Crippen molar-refractivity contribution in [2.45, 2.75) is 18.8 Å². The third-order valence-electron chi connectivity index (χ3n) is 4.47. The van der Waals surface area contributed by atoms with Crippen LogP contribution in [0.2, 0.25) is 0 Å². The molecule has 0 unspecified atom stereocenters. The van der Waals surface area contributed by atoms with E-state index in [4.69, 9.17) is 4.42 Å². The first kappa shape index (κ1) is 12.7. The number of aromatic nitrogens is 3. The minimum atomic E-state index is 0.478. The number of para-hydroxylation sites is 2. The third-order valence-corrected chi connectivity index (χ3v) is 4.47. The van der Waals surface area contributed by atoms with Crippen LogP contribution in [0, 0.1) is 0 Å². The molecule has 0 radical (unpaired) electrons. The van der Waals surface area contributed by atoms with E-state index in [0.29, 0.717) is 11.9 Å². The Bertz CT molecular complexity index is 1030. The van der Waals surface area contributed by atoms with Crippen molar-refractivity contribution in [3.63, 3.8) is 0 Å². The van der Waals surface area contributed by atoms with Gasteiger partial charge in [0.05, 0.1) is 11.0 Å². The van der Waals surface area contributed by atoms with Crippen LogP contribution in [-0.2, 0) is 7.05 Å². The second-order valence-electron chi connectivity index (χ2n) is 6.13. The molecular formula is C18H16N4O. The monoisotopic (exact) mass is 304 g/mol. The molecule has 2 aromatic carbocycles. The Hall–Kier alpha value is -2.82. The average molecular weight is 304 g/mol.